The van der Waals surface area contributed by atoms with Gasteiger partial charge in [0.2, 0.25) is 0 Å². The molecule has 0 unspecified atom stereocenters. The molecule has 7 heteroatoms. The van der Waals surface area contributed by atoms with Gasteiger partial charge in [-0.05, 0) is 45.9 Å². The van der Waals surface area contributed by atoms with E-state index in [2.05, 4.69) is 20.7 Å². The van der Waals surface area contributed by atoms with Gasteiger partial charge in [-0.25, -0.2) is 0 Å². The number of rotatable bonds is 6. The van der Waals surface area contributed by atoms with E-state index in [1.807, 2.05) is 74.8 Å². The number of nitrogens with zero attached hydrogens (tertiary/aromatic N) is 2. The minimum Gasteiger partial charge on any atom is -0.349 e. The van der Waals surface area contributed by atoms with Crippen LogP contribution in [0.25, 0.3) is 10.9 Å². The zero-order chi connectivity index (χ0) is 22.8. The highest BCUT2D eigenvalue weighted by atomic mass is 16.2. The average Bonchev–Trinajstić information content (AvgIpc) is 3.28. The zero-order valence-electron chi connectivity index (χ0n) is 18.7. The van der Waals surface area contributed by atoms with Crippen LogP contribution < -0.4 is 10.6 Å². The molecule has 0 aliphatic carbocycles. The van der Waals surface area contributed by atoms with Gasteiger partial charge in [-0.2, -0.15) is 5.10 Å². The maximum Gasteiger partial charge on any atom is 0.270 e. The van der Waals surface area contributed by atoms with Crippen molar-refractivity contribution < 1.29 is 9.59 Å². The molecule has 0 spiro atoms. The average molecular weight is 430 g/mol. The molecule has 2 aromatic carbocycles. The normalized spacial score (nSPS) is 11.0. The van der Waals surface area contributed by atoms with Crippen molar-refractivity contribution >= 4 is 28.4 Å². The molecule has 0 bridgehead atoms. The first-order valence-corrected chi connectivity index (χ1v) is 10.7. The predicted molar refractivity (Wildman–Crippen MR) is 126 cm³/mol. The summed E-state index contributed by atoms with van der Waals surface area (Å²) in [5, 5.41) is 11.2. The number of benzene rings is 2. The highest BCUT2D eigenvalue weighted by Gasteiger charge is 2.21. The van der Waals surface area contributed by atoms with E-state index in [4.69, 9.17) is 0 Å². The maximum atomic E-state index is 13.2. The number of aryl methyl sites for hydroxylation is 3. The summed E-state index contributed by atoms with van der Waals surface area (Å²) in [7, 11) is 0. The summed E-state index contributed by atoms with van der Waals surface area (Å²) in [5.41, 5.74) is 6.05. The van der Waals surface area contributed by atoms with Crippen LogP contribution in [0.15, 0.2) is 48.5 Å². The number of para-hydroxylation sites is 1. The maximum absolute atomic E-state index is 13.2. The van der Waals surface area contributed by atoms with E-state index in [1.165, 1.54) is 0 Å². The molecule has 32 heavy (non-hydrogen) atoms. The Morgan fingerprint density at radius 3 is 2.53 bits per heavy atom. The zero-order valence-corrected chi connectivity index (χ0v) is 18.7. The molecule has 2 amide bonds. The number of aromatic amines is 1. The molecule has 164 valence electrons. The second kappa shape index (κ2) is 8.70. The van der Waals surface area contributed by atoms with Crippen molar-refractivity contribution in [3.8, 4) is 0 Å². The summed E-state index contributed by atoms with van der Waals surface area (Å²) < 4.78 is 1.92. The van der Waals surface area contributed by atoms with Gasteiger partial charge in [-0.1, -0.05) is 35.9 Å². The molecule has 7 nitrogen and oxygen atoms in total. The van der Waals surface area contributed by atoms with E-state index in [0.717, 1.165) is 40.0 Å². The van der Waals surface area contributed by atoms with Gasteiger partial charge < -0.3 is 15.6 Å². The molecule has 0 aliphatic rings. The molecule has 4 rings (SSSR count). The van der Waals surface area contributed by atoms with Crippen LogP contribution in [-0.2, 0) is 13.1 Å². The Labute approximate surface area is 186 Å². The first kappa shape index (κ1) is 21.4. The van der Waals surface area contributed by atoms with Gasteiger partial charge >= 0.3 is 0 Å². The lowest BCUT2D eigenvalue weighted by Crippen LogP contribution is -2.25. The van der Waals surface area contributed by atoms with Gasteiger partial charge in [-0.3, -0.25) is 14.3 Å². The van der Waals surface area contributed by atoms with Crippen LogP contribution >= 0.6 is 0 Å². The highest BCUT2D eigenvalue weighted by molar-refractivity contribution is 6.15. The molecular weight excluding hydrogens is 402 g/mol. The molecule has 0 saturated carbocycles. The third-order valence-electron chi connectivity index (χ3n) is 5.71. The molecule has 2 aromatic heterocycles. The first-order valence-electron chi connectivity index (χ1n) is 10.7. The Kier molecular flexibility index (Phi) is 5.81. The SMILES string of the molecule is CCn1nc(C)c(CNC(=O)c2[nH]c3ccccc3c2NC(=O)c2cccc(C)c2)c1C. The fraction of sp³-hybridized carbons (Fsp3) is 0.240. The Morgan fingerprint density at radius 1 is 1.03 bits per heavy atom. The quantitative estimate of drug-likeness (QED) is 0.422. The second-order valence-corrected chi connectivity index (χ2v) is 7.89. The van der Waals surface area contributed by atoms with Gasteiger partial charge in [0.1, 0.15) is 5.69 Å². The summed E-state index contributed by atoms with van der Waals surface area (Å²) in [6, 6.07) is 14.9. The predicted octanol–water partition coefficient (Wildman–Crippen LogP) is 4.49. The lowest BCUT2D eigenvalue weighted by atomic mass is 10.1. The molecule has 0 aliphatic heterocycles. The molecule has 4 aromatic rings. The molecule has 0 fully saturated rings. The molecule has 0 saturated heterocycles. The number of nitrogens with one attached hydrogen (secondary N) is 3. The number of hydrogen-bond donors (Lipinski definition) is 3. The Morgan fingerprint density at radius 2 is 1.81 bits per heavy atom. The van der Waals surface area contributed by atoms with Gasteiger partial charge in [0.05, 0.1) is 11.4 Å². The van der Waals surface area contributed by atoms with Crippen LogP contribution in [0.1, 0.15) is 50.3 Å². The van der Waals surface area contributed by atoms with E-state index >= 15 is 0 Å². The Hall–Kier alpha value is -3.87. The van der Waals surface area contributed by atoms with Crippen LogP contribution in [-0.4, -0.2) is 26.6 Å². The summed E-state index contributed by atoms with van der Waals surface area (Å²) in [4.78, 5) is 29.2. The van der Waals surface area contributed by atoms with Crippen LogP contribution in [0.2, 0.25) is 0 Å². The fourth-order valence-electron chi connectivity index (χ4n) is 3.97. The molecule has 0 atom stereocenters. The van der Waals surface area contributed by atoms with Crippen LogP contribution in [0, 0.1) is 20.8 Å². The van der Waals surface area contributed by atoms with Crippen molar-refractivity contribution in [2.45, 2.75) is 40.8 Å². The minimum atomic E-state index is -0.288. The van der Waals surface area contributed by atoms with Gasteiger partial charge in [0.25, 0.3) is 11.8 Å². The summed E-state index contributed by atoms with van der Waals surface area (Å²) in [6.45, 7) is 9.05. The standard InChI is InChI=1S/C25H27N5O2/c1-5-30-17(4)20(16(3)29-30)14-26-25(32)23-22(19-11-6-7-12-21(19)27-23)28-24(31)18-10-8-9-15(2)13-18/h6-13,27H,5,14H2,1-4H3,(H,26,32)(H,28,31). The Balaban J connectivity index is 1.63. The number of amides is 2. The Bertz CT molecular complexity index is 1320. The summed E-state index contributed by atoms with van der Waals surface area (Å²) >= 11 is 0. The summed E-state index contributed by atoms with van der Waals surface area (Å²) in [6.07, 6.45) is 0. The van der Waals surface area contributed by atoms with Crippen molar-refractivity contribution in [1.29, 1.82) is 0 Å². The molecule has 2 heterocycles. The van der Waals surface area contributed by atoms with E-state index in [-0.39, 0.29) is 11.8 Å². The fourth-order valence-corrected chi connectivity index (χ4v) is 3.97. The van der Waals surface area contributed by atoms with Gasteiger partial charge in [-0.15, -0.1) is 0 Å². The smallest absolute Gasteiger partial charge is 0.270 e. The van der Waals surface area contributed by atoms with Crippen molar-refractivity contribution in [3.05, 3.63) is 82.3 Å². The molecule has 3 N–H and O–H groups in total. The van der Waals surface area contributed by atoms with E-state index in [0.29, 0.717) is 23.5 Å². The van der Waals surface area contributed by atoms with Gasteiger partial charge in [0, 0.05) is 40.8 Å². The van der Waals surface area contributed by atoms with Crippen molar-refractivity contribution in [1.82, 2.24) is 20.1 Å². The first-order chi connectivity index (χ1) is 15.4. The minimum absolute atomic E-state index is 0.261. The van der Waals surface area contributed by atoms with E-state index in [9.17, 15) is 9.59 Å². The van der Waals surface area contributed by atoms with E-state index in [1.54, 1.807) is 6.07 Å². The highest BCUT2D eigenvalue weighted by Crippen LogP contribution is 2.28. The second-order valence-electron chi connectivity index (χ2n) is 7.89. The number of hydrogen-bond acceptors (Lipinski definition) is 3. The number of carbonyl (C=O) groups excluding carboxylic acids is 2. The van der Waals surface area contributed by atoms with Crippen molar-refractivity contribution in [2.24, 2.45) is 0 Å². The van der Waals surface area contributed by atoms with Crippen LogP contribution in [0.5, 0.6) is 0 Å². The number of anilines is 1. The largest absolute Gasteiger partial charge is 0.349 e. The third kappa shape index (κ3) is 4.01. The number of fused-ring (bicyclic) bond motifs is 1. The number of aromatic nitrogens is 3. The molecular formula is C25H27N5O2. The lowest BCUT2D eigenvalue weighted by molar-refractivity contribution is 0.0947. The van der Waals surface area contributed by atoms with Gasteiger partial charge in [0.15, 0.2) is 0 Å². The number of H-pyrrole nitrogens is 1. The van der Waals surface area contributed by atoms with Crippen LogP contribution in [0.3, 0.4) is 0 Å². The van der Waals surface area contributed by atoms with Crippen molar-refractivity contribution in [2.75, 3.05) is 5.32 Å². The molecule has 0 radical (unpaired) electrons. The third-order valence-corrected chi connectivity index (χ3v) is 5.71. The van der Waals surface area contributed by atoms with E-state index < -0.39 is 0 Å². The van der Waals surface area contributed by atoms with Crippen molar-refractivity contribution in [3.63, 3.8) is 0 Å². The monoisotopic (exact) mass is 429 g/mol. The lowest BCUT2D eigenvalue weighted by Gasteiger charge is -2.09. The number of carbonyl (C=O) groups is 2. The van der Waals surface area contributed by atoms with Crippen LogP contribution in [0.4, 0.5) is 5.69 Å². The topological polar surface area (TPSA) is 91.8 Å². The summed E-state index contributed by atoms with van der Waals surface area (Å²) in [5.74, 6) is -0.549.